The van der Waals surface area contributed by atoms with Gasteiger partial charge in [0.2, 0.25) is 11.9 Å². The van der Waals surface area contributed by atoms with Gasteiger partial charge in [-0.2, -0.15) is 0 Å². The first-order valence-electron chi connectivity index (χ1n) is 5.62. The first-order chi connectivity index (χ1) is 8.54. The highest BCUT2D eigenvalue weighted by Gasteiger charge is 2.14. The molecule has 0 aliphatic rings. The summed E-state index contributed by atoms with van der Waals surface area (Å²) in [5.74, 6) is 5.64. The van der Waals surface area contributed by atoms with Gasteiger partial charge in [-0.25, -0.2) is 10.8 Å². The van der Waals surface area contributed by atoms with Crippen LogP contribution in [0, 0.1) is 0 Å². The van der Waals surface area contributed by atoms with E-state index in [1.807, 2.05) is 30.3 Å². The minimum atomic E-state index is -0.498. The molecule has 0 fully saturated rings. The second kappa shape index (κ2) is 6.61. The number of guanidine groups is 1. The molecule has 1 rings (SSSR count). The highest BCUT2D eigenvalue weighted by Crippen LogP contribution is 2.05. The fourth-order valence-electron chi connectivity index (χ4n) is 1.39. The van der Waals surface area contributed by atoms with Gasteiger partial charge in [0, 0.05) is 19.8 Å². The van der Waals surface area contributed by atoms with E-state index in [4.69, 9.17) is 5.84 Å². The summed E-state index contributed by atoms with van der Waals surface area (Å²) in [6, 6.07) is 8.96. The number of hydrogen-bond donors (Lipinski definition) is 3. The van der Waals surface area contributed by atoms with Crippen LogP contribution in [0.25, 0.3) is 0 Å². The smallest absolute Gasteiger partial charge is 0.246 e. The number of amides is 1. The SMILES string of the molecule is CC(N=C(NN)Nc1ccccc1)C(=O)N(C)C. The molecular weight excluding hydrogens is 230 g/mol. The van der Waals surface area contributed by atoms with Gasteiger partial charge in [-0.05, 0) is 19.1 Å². The maximum atomic E-state index is 11.7. The van der Waals surface area contributed by atoms with Gasteiger partial charge in [0.05, 0.1) is 0 Å². The molecule has 1 unspecified atom stereocenters. The Balaban J connectivity index is 2.74. The van der Waals surface area contributed by atoms with Gasteiger partial charge in [-0.15, -0.1) is 0 Å². The Hall–Kier alpha value is -2.08. The van der Waals surface area contributed by atoms with Gasteiger partial charge in [-0.3, -0.25) is 10.2 Å². The van der Waals surface area contributed by atoms with Crippen molar-refractivity contribution in [1.29, 1.82) is 0 Å². The van der Waals surface area contributed by atoms with Crippen molar-refractivity contribution in [2.45, 2.75) is 13.0 Å². The fraction of sp³-hybridized carbons (Fsp3) is 0.333. The normalized spacial score (nSPS) is 12.8. The third-order valence-electron chi connectivity index (χ3n) is 2.29. The molecule has 0 saturated heterocycles. The first-order valence-corrected chi connectivity index (χ1v) is 5.62. The minimum absolute atomic E-state index is 0.0855. The van der Waals surface area contributed by atoms with Gasteiger partial charge < -0.3 is 10.2 Å². The Labute approximate surface area is 107 Å². The number of nitrogens with one attached hydrogen (secondary N) is 2. The van der Waals surface area contributed by atoms with E-state index in [9.17, 15) is 4.79 Å². The maximum absolute atomic E-state index is 11.7. The predicted octanol–water partition coefficient (Wildman–Crippen LogP) is 0.394. The number of benzene rings is 1. The molecule has 0 radical (unpaired) electrons. The molecule has 0 aromatic heterocycles. The summed E-state index contributed by atoms with van der Waals surface area (Å²) in [6.45, 7) is 1.71. The van der Waals surface area contributed by atoms with E-state index in [1.54, 1.807) is 21.0 Å². The van der Waals surface area contributed by atoms with Gasteiger partial charge in [0.1, 0.15) is 6.04 Å². The standard InChI is InChI=1S/C12H19N5O/c1-9(11(18)17(2)3)14-12(16-13)15-10-7-5-4-6-8-10/h4-9H,13H2,1-3H3,(H2,14,15,16). The predicted molar refractivity (Wildman–Crippen MR) is 73.0 cm³/mol. The number of para-hydroxylation sites is 1. The number of aliphatic imine (C=N–C) groups is 1. The second-order valence-electron chi connectivity index (χ2n) is 4.02. The molecule has 0 bridgehead atoms. The molecule has 0 spiro atoms. The first kappa shape index (κ1) is 14.0. The monoisotopic (exact) mass is 249 g/mol. The minimum Gasteiger partial charge on any atom is -0.347 e. The highest BCUT2D eigenvalue weighted by molar-refractivity contribution is 5.95. The molecule has 0 heterocycles. The van der Waals surface area contributed by atoms with E-state index in [-0.39, 0.29) is 5.91 Å². The van der Waals surface area contributed by atoms with Crippen LogP contribution in [0.1, 0.15) is 6.92 Å². The van der Waals surface area contributed by atoms with Crippen molar-refractivity contribution < 1.29 is 4.79 Å². The summed E-state index contributed by atoms with van der Waals surface area (Å²) < 4.78 is 0. The van der Waals surface area contributed by atoms with E-state index in [0.717, 1.165) is 5.69 Å². The molecule has 1 aromatic rings. The van der Waals surface area contributed by atoms with E-state index in [1.165, 1.54) is 4.90 Å². The molecule has 0 saturated carbocycles. The average molecular weight is 249 g/mol. The van der Waals surface area contributed by atoms with Crippen LogP contribution in [-0.4, -0.2) is 36.9 Å². The van der Waals surface area contributed by atoms with E-state index in [0.29, 0.717) is 5.96 Å². The van der Waals surface area contributed by atoms with Crippen LogP contribution < -0.4 is 16.6 Å². The van der Waals surface area contributed by atoms with Crippen molar-refractivity contribution in [3.8, 4) is 0 Å². The summed E-state index contributed by atoms with van der Waals surface area (Å²) in [6.07, 6.45) is 0. The van der Waals surface area contributed by atoms with Crippen LogP contribution in [-0.2, 0) is 4.79 Å². The molecule has 0 aliphatic heterocycles. The Morgan fingerprint density at radius 2 is 1.94 bits per heavy atom. The number of hydrazine groups is 1. The lowest BCUT2D eigenvalue weighted by atomic mass is 10.3. The summed E-state index contributed by atoms with van der Waals surface area (Å²) in [5.41, 5.74) is 3.29. The zero-order valence-corrected chi connectivity index (χ0v) is 10.8. The number of carbonyl (C=O) groups is 1. The quantitative estimate of drug-likeness (QED) is 0.313. The molecule has 6 heteroatoms. The van der Waals surface area contributed by atoms with Gasteiger partial charge >= 0.3 is 0 Å². The summed E-state index contributed by atoms with van der Waals surface area (Å²) >= 11 is 0. The van der Waals surface area contributed by atoms with E-state index in [2.05, 4.69) is 15.7 Å². The summed E-state index contributed by atoms with van der Waals surface area (Å²) in [4.78, 5) is 17.3. The lowest BCUT2D eigenvalue weighted by Crippen LogP contribution is -2.39. The maximum Gasteiger partial charge on any atom is 0.246 e. The number of rotatable bonds is 3. The topological polar surface area (TPSA) is 82.7 Å². The van der Waals surface area contributed by atoms with Crippen molar-refractivity contribution in [2.75, 3.05) is 19.4 Å². The third-order valence-corrected chi connectivity index (χ3v) is 2.29. The van der Waals surface area contributed by atoms with Crippen LogP contribution in [0.5, 0.6) is 0 Å². The van der Waals surface area contributed by atoms with Crippen molar-refractivity contribution in [1.82, 2.24) is 10.3 Å². The number of carbonyl (C=O) groups excluding carboxylic acids is 1. The Morgan fingerprint density at radius 1 is 1.33 bits per heavy atom. The molecule has 4 N–H and O–H groups in total. The lowest BCUT2D eigenvalue weighted by Gasteiger charge is -2.15. The number of hydrogen-bond acceptors (Lipinski definition) is 3. The van der Waals surface area contributed by atoms with Gasteiger partial charge in [0.15, 0.2) is 0 Å². The molecule has 0 aliphatic carbocycles. The van der Waals surface area contributed by atoms with E-state index < -0.39 is 6.04 Å². The van der Waals surface area contributed by atoms with Crippen LogP contribution in [0.4, 0.5) is 5.69 Å². The highest BCUT2D eigenvalue weighted by atomic mass is 16.2. The number of anilines is 1. The number of nitrogens with zero attached hydrogens (tertiary/aromatic N) is 2. The zero-order valence-electron chi connectivity index (χ0n) is 10.8. The molecule has 1 amide bonds. The second-order valence-corrected chi connectivity index (χ2v) is 4.02. The molecule has 18 heavy (non-hydrogen) atoms. The van der Waals surface area contributed by atoms with Crippen molar-refractivity contribution >= 4 is 17.6 Å². The molecule has 6 nitrogen and oxygen atoms in total. The zero-order chi connectivity index (χ0) is 13.5. The summed E-state index contributed by atoms with van der Waals surface area (Å²) in [5, 5.41) is 3.00. The van der Waals surface area contributed by atoms with Crippen molar-refractivity contribution in [2.24, 2.45) is 10.8 Å². The summed E-state index contributed by atoms with van der Waals surface area (Å²) in [7, 11) is 3.38. The van der Waals surface area contributed by atoms with Crippen LogP contribution in [0.15, 0.2) is 35.3 Å². The Bertz CT molecular complexity index is 416. The van der Waals surface area contributed by atoms with Crippen LogP contribution in [0.2, 0.25) is 0 Å². The molecule has 1 atom stereocenters. The third kappa shape index (κ3) is 4.06. The Kier molecular flexibility index (Phi) is 5.13. The van der Waals surface area contributed by atoms with E-state index >= 15 is 0 Å². The fourth-order valence-corrected chi connectivity index (χ4v) is 1.39. The number of likely N-dealkylation sites (N-methyl/N-ethyl adjacent to an activating group) is 1. The molecule has 98 valence electrons. The largest absolute Gasteiger partial charge is 0.347 e. The van der Waals surface area contributed by atoms with Gasteiger partial charge in [-0.1, -0.05) is 18.2 Å². The van der Waals surface area contributed by atoms with Crippen LogP contribution in [0.3, 0.4) is 0 Å². The Morgan fingerprint density at radius 3 is 2.44 bits per heavy atom. The number of nitrogens with two attached hydrogens (primary N) is 1. The molecule has 1 aromatic carbocycles. The average Bonchev–Trinajstić information content (AvgIpc) is 2.37. The van der Waals surface area contributed by atoms with Gasteiger partial charge in [0.25, 0.3) is 0 Å². The lowest BCUT2D eigenvalue weighted by molar-refractivity contribution is -0.129. The van der Waals surface area contributed by atoms with Crippen molar-refractivity contribution in [3.63, 3.8) is 0 Å². The van der Waals surface area contributed by atoms with Crippen molar-refractivity contribution in [3.05, 3.63) is 30.3 Å². The molecular formula is C12H19N5O. The van der Waals surface area contributed by atoms with Crippen LogP contribution >= 0.6 is 0 Å².